The van der Waals surface area contributed by atoms with Crippen LogP contribution in [-0.2, 0) is 16.1 Å². The number of carbonyl (C=O) groups excluding carboxylic acids is 2. The van der Waals surface area contributed by atoms with Gasteiger partial charge in [0, 0.05) is 37.8 Å². The number of amides is 2. The Labute approximate surface area is 254 Å². The van der Waals surface area contributed by atoms with Crippen LogP contribution >= 0.6 is 0 Å². The summed E-state index contributed by atoms with van der Waals surface area (Å²) in [7, 11) is 0. The first-order chi connectivity index (χ1) is 21.5. The van der Waals surface area contributed by atoms with E-state index in [2.05, 4.69) is 25.2 Å². The quantitative estimate of drug-likeness (QED) is 0.261. The highest BCUT2D eigenvalue weighted by Gasteiger charge is 2.29. The van der Waals surface area contributed by atoms with E-state index >= 15 is 0 Å². The second-order valence-corrected chi connectivity index (χ2v) is 11.3. The van der Waals surface area contributed by atoms with E-state index in [0.29, 0.717) is 18.7 Å². The van der Waals surface area contributed by atoms with E-state index in [4.69, 9.17) is 15.6 Å². The van der Waals surface area contributed by atoms with Crippen LogP contribution in [0, 0.1) is 0 Å². The topological polar surface area (TPSA) is 141 Å². The smallest absolute Gasteiger partial charge is 0.234 e. The van der Waals surface area contributed by atoms with Gasteiger partial charge in [0.1, 0.15) is 29.3 Å². The maximum atomic E-state index is 12.2. The number of fused-ring (bicyclic) bond motifs is 1. The van der Waals surface area contributed by atoms with E-state index in [0.717, 1.165) is 77.5 Å². The largest absolute Gasteiger partial charge is 0.457 e. The van der Waals surface area contributed by atoms with E-state index < -0.39 is 0 Å². The zero-order valence-electron chi connectivity index (χ0n) is 24.1. The number of rotatable bonds is 7. The number of nitrogens with two attached hydrogens (primary N) is 1. The molecule has 11 nitrogen and oxygen atoms in total. The van der Waals surface area contributed by atoms with Crippen LogP contribution in [0.2, 0.25) is 0 Å². The molecule has 0 spiro atoms. The lowest BCUT2D eigenvalue weighted by atomic mass is 9.91. The fourth-order valence-electron chi connectivity index (χ4n) is 6.06. The standard InChI is InChI=1S/C33H32N8O3/c34-31-29-30(21-7-10-26(11-8-21)44-25-4-2-1-3-5-25)39-41(32(29)37-20-36-31)24-14-16-40(17-15-24)19-23-9-6-22(18-35-23)27-12-13-28(42)38-33(27)43/h1-11,18,20,24,27H,12-17,19H2,(H2,34,36,37)(H,38,42,43). The molecule has 1 unspecified atom stereocenters. The van der Waals surface area contributed by atoms with E-state index in [1.165, 1.54) is 6.33 Å². The molecule has 3 aromatic heterocycles. The Kier molecular flexibility index (Phi) is 7.45. The SMILES string of the molecule is Nc1ncnc2c1c(-c1ccc(Oc3ccccc3)cc1)nn2C1CCN(Cc2ccc(C3CCC(=O)NC3=O)cn2)CC1. The van der Waals surface area contributed by atoms with Crippen molar-refractivity contribution in [2.24, 2.45) is 0 Å². The lowest BCUT2D eigenvalue weighted by Gasteiger charge is -2.32. The maximum Gasteiger partial charge on any atom is 0.234 e. The minimum absolute atomic E-state index is 0.167. The molecule has 2 fully saturated rings. The minimum Gasteiger partial charge on any atom is -0.457 e. The van der Waals surface area contributed by atoms with Crippen molar-refractivity contribution in [1.29, 1.82) is 0 Å². The van der Waals surface area contributed by atoms with Gasteiger partial charge >= 0.3 is 0 Å². The van der Waals surface area contributed by atoms with Crippen LogP contribution in [0.5, 0.6) is 11.5 Å². The van der Waals surface area contributed by atoms with Gasteiger partial charge < -0.3 is 10.5 Å². The summed E-state index contributed by atoms with van der Waals surface area (Å²) in [6.45, 7) is 2.48. The number of imide groups is 1. The highest BCUT2D eigenvalue weighted by atomic mass is 16.5. The number of hydrogen-bond donors (Lipinski definition) is 2. The molecule has 11 heteroatoms. The number of carbonyl (C=O) groups is 2. The van der Waals surface area contributed by atoms with Crippen LogP contribution in [-0.4, -0.2) is 54.5 Å². The van der Waals surface area contributed by atoms with E-state index in [1.807, 2.05) is 71.4 Å². The van der Waals surface area contributed by atoms with Crippen LogP contribution in [0.25, 0.3) is 22.3 Å². The molecule has 2 aliphatic heterocycles. The summed E-state index contributed by atoms with van der Waals surface area (Å²) in [6.07, 6.45) is 5.94. The monoisotopic (exact) mass is 588 g/mol. The Balaban J connectivity index is 1.04. The van der Waals surface area contributed by atoms with E-state index in [9.17, 15) is 9.59 Å². The van der Waals surface area contributed by atoms with Gasteiger partial charge in [0.05, 0.1) is 23.0 Å². The number of nitrogens with zero attached hydrogens (tertiary/aromatic N) is 6. The molecule has 2 aromatic carbocycles. The highest BCUT2D eigenvalue weighted by Crippen LogP contribution is 2.35. The Hall–Kier alpha value is -5.16. The number of aromatic nitrogens is 5. The van der Waals surface area contributed by atoms with Crippen molar-refractivity contribution in [2.45, 2.75) is 44.2 Å². The van der Waals surface area contributed by atoms with Gasteiger partial charge in [-0.1, -0.05) is 24.3 Å². The second kappa shape index (κ2) is 11.8. The second-order valence-electron chi connectivity index (χ2n) is 11.3. The fraction of sp³-hybridized carbons (Fsp3) is 0.273. The average Bonchev–Trinajstić information content (AvgIpc) is 3.44. The first-order valence-electron chi connectivity index (χ1n) is 14.8. The molecule has 0 bridgehead atoms. The summed E-state index contributed by atoms with van der Waals surface area (Å²) in [5.41, 5.74) is 10.6. The molecule has 5 heterocycles. The van der Waals surface area contributed by atoms with Gasteiger partial charge in [-0.15, -0.1) is 0 Å². The van der Waals surface area contributed by atoms with Gasteiger partial charge in [-0.05, 0) is 67.3 Å². The van der Waals surface area contributed by atoms with Crippen molar-refractivity contribution in [3.05, 3.63) is 90.5 Å². The first-order valence-corrected chi connectivity index (χ1v) is 14.8. The molecule has 222 valence electrons. The molecule has 0 radical (unpaired) electrons. The predicted octanol–water partition coefficient (Wildman–Crippen LogP) is 4.62. The maximum absolute atomic E-state index is 12.2. The lowest BCUT2D eigenvalue weighted by molar-refractivity contribution is -0.134. The van der Waals surface area contributed by atoms with Gasteiger partial charge in [0.15, 0.2) is 5.65 Å². The Morgan fingerprint density at radius 3 is 2.39 bits per heavy atom. The Morgan fingerprint density at radius 1 is 0.886 bits per heavy atom. The predicted molar refractivity (Wildman–Crippen MR) is 165 cm³/mol. The van der Waals surface area contributed by atoms with Crippen LogP contribution < -0.4 is 15.8 Å². The highest BCUT2D eigenvalue weighted by molar-refractivity contribution is 6.01. The number of benzene rings is 2. The number of hydrogen-bond acceptors (Lipinski definition) is 9. The van der Waals surface area contributed by atoms with Crippen molar-refractivity contribution >= 4 is 28.7 Å². The average molecular weight is 589 g/mol. The number of piperidine rings is 2. The third-order valence-corrected chi connectivity index (χ3v) is 8.40. The molecule has 0 saturated carbocycles. The van der Waals surface area contributed by atoms with E-state index in [1.54, 1.807) is 6.20 Å². The normalized spacial score (nSPS) is 18.0. The van der Waals surface area contributed by atoms with Crippen molar-refractivity contribution in [3.63, 3.8) is 0 Å². The van der Waals surface area contributed by atoms with Crippen LogP contribution in [0.4, 0.5) is 5.82 Å². The fourth-order valence-corrected chi connectivity index (χ4v) is 6.06. The van der Waals surface area contributed by atoms with Crippen LogP contribution in [0.1, 0.15) is 48.9 Å². The van der Waals surface area contributed by atoms with Gasteiger partial charge in [0.25, 0.3) is 0 Å². The number of nitrogen functional groups attached to an aromatic ring is 1. The molecular formula is C33H32N8O3. The Bertz CT molecular complexity index is 1800. The summed E-state index contributed by atoms with van der Waals surface area (Å²) in [5.74, 6) is 1.15. The summed E-state index contributed by atoms with van der Waals surface area (Å²) < 4.78 is 7.98. The molecule has 5 aromatic rings. The van der Waals surface area contributed by atoms with Crippen molar-refractivity contribution < 1.29 is 14.3 Å². The van der Waals surface area contributed by atoms with Crippen molar-refractivity contribution in [2.75, 3.05) is 18.8 Å². The molecule has 3 N–H and O–H groups in total. The Morgan fingerprint density at radius 2 is 1.66 bits per heavy atom. The van der Waals surface area contributed by atoms with Crippen molar-refractivity contribution in [1.82, 2.24) is 34.9 Å². The van der Waals surface area contributed by atoms with Crippen molar-refractivity contribution in [3.8, 4) is 22.8 Å². The molecule has 1 atom stereocenters. The number of para-hydroxylation sites is 1. The number of ether oxygens (including phenoxy) is 1. The summed E-state index contributed by atoms with van der Waals surface area (Å²) in [4.78, 5) is 39.6. The lowest BCUT2D eigenvalue weighted by Crippen LogP contribution is -2.39. The van der Waals surface area contributed by atoms with Crippen LogP contribution in [0.3, 0.4) is 0 Å². The molecule has 44 heavy (non-hydrogen) atoms. The number of likely N-dealkylation sites (tertiary alicyclic amines) is 1. The molecule has 2 aliphatic rings. The van der Waals surface area contributed by atoms with Crippen LogP contribution in [0.15, 0.2) is 79.3 Å². The van der Waals surface area contributed by atoms with Gasteiger partial charge in [-0.2, -0.15) is 5.10 Å². The third kappa shape index (κ3) is 5.61. The minimum atomic E-state index is -0.322. The summed E-state index contributed by atoms with van der Waals surface area (Å²) >= 11 is 0. The summed E-state index contributed by atoms with van der Waals surface area (Å²) in [5, 5.41) is 8.22. The first kappa shape index (κ1) is 27.7. The van der Waals surface area contributed by atoms with Gasteiger partial charge in [-0.25, -0.2) is 14.6 Å². The molecular weight excluding hydrogens is 556 g/mol. The number of anilines is 1. The van der Waals surface area contributed by atoms with Gasteiger partial charge in [0.2, 0.25) is 11.8 Å². The molecule has 2 amide bonds. The molecule has 2 saturated heterocycles. The third-order valence-electron chi connectivity index (χ3n) is 8.40. The van der Waals surface area contributed by atoms with Gasteiger partial charge in [-0.3, -0.25) is 24.8 Å². The van der Waals surface area contributed by atoms with E-state index in [-0.39, 0.29) is 23.8 Å². The zero-order valence-corrected chi connectivity index (χ0v) is 24.1. The molecule has 7 rings (SSSR count). The number of nitrogens with one attached hydrogen (secondary N) is 1. The molecule has 0 aliphatic carbocycles. The number of pyridine rings is 1. The zero-order chi connectivity index (χ0) is 30.0. The summed E-state index contributed by atoms with van der Waals surface area (Å²) in [6, 6.07) is 21.6.